The summed E-state index contributed by atoms with van der Waals surface area (Å²) in [6.45, 7) is 4.74. The summed E-state index contributed by atoms with van der Waals surface area (Å²) in [6, 6.07) is 5.75. The highest BCUT2D eigenvalue weighted by Crippen LogP contribution is 2.18. The number of hydrogen-bond donors (Lipinski definition) is 3. The number of hydrazine groups is 1. The van der Waals surface area contributed by atoms with E-state index in [9.17, 15) is 4.79 Å². The van der Waals surface area contributed by atoms with Gasteiger partial charge < -0.3 is 15.0 Å². The number of nitrogens with one attached hydrogen (secondary N) is 3. The fourth-order valence-corrected chi connectivity index (χ4v) is 3.12. The van der Waals surface area contributed by atoms with Gasteiger partial charge in [-0.15, -0.1) is 0 Å². The van der Waals surface area contributed by atoms with Crippen molar-refractivity contribution in [3.63, 3.8) is 0 Å². The first-order valence-corrected chi connectivity index (χ1v) is 8.34. The van der Waals surface area contributed by atoms with Gasteiger partial charge in [0.25, 0.3) is 0 Å². The molecule has 2 fully saturated rings. The second-order valence-electron chi connectivity index (χ2n) is 6.04. The van der Waals surface area contributed by atoms with Crippen molar-refractivity contribution in [1.29, 1.82) is 0 Å². The van der Waals surface area contributed by atoms with Gasteiger partial charge in [-0.2, -0.15) is 0 Å². The predicted molar refractivity (Wildman–Crippen MR) is 86.7 cm³/mol. The van der Waals surface area contributed by atoms with Crippen LogP contribution in [0.4, 0.5) is 4.79 Å². The summed E-state index contributed by atoms with van der Waals surface area (Å²) in [5.41, 5.74) is 7.22. The van der Waals surface area contributed by atoms with Gasteiger partial charge in [-0.05, 0) is 18.6 Å². The van der Waals surface area contributed by atoms with Crippen LogP contribution in [0.5, 0.6) is 0 Å². The van der Waals surface area contributed by atoms with E-state index in [1.165, 1.54) is 0 Å². The number of aromatic nitrogens is 1. The third-order valence-corrected chi connectivity index (χ3v) is 4.33. The van der Waals surface area contributed by atoms with Crippen LogP contribution in [0.25, 0.3) is 0 Å². The van der Waals surface area contributed by atoms with E-state index >= 15 is 0 Å². The SMILES string of the molecule is CCCC1CN(C(=O)NC2CNNC2c2ccccn2)CCO1. The van der Waals surface area contributed by atoms with Crippen molar-refractivity contribution < 1.29 is 9.53 Å². The van der Waals surface area contributed by atoms with Crippen LogP contribution in [-0.2, 0) is 4.74 Å². The Hall–Kier alpha value is -1.70. The molecule has 3 unspecified atom stereocenters. The molecule has 3 heterocycles. The van der Waals surface area contributed by atoms with Crippen molar-refractivity contribution in [3.05, 3.63) is 30.1 Å². The number of hydrogen-bond acceptors (Lipinski definition) is 5. The number of pyridine rings is 1. The normalized spacial score (nSPS) is 27.9. The van der Waals surface area contributed by atoms with Crippen molar-refractivity contribution in [2.45, 2.75) is 38.0 Å². The minimum absolute atomic E-state index is 0.0207. The van der Waals surface area contributed by atoms with E-state index in [2.05, 4.69) is 28.1 Å². The number of nitrogens with zero attached hydrogens (tertiary/aromatic N) is 2. The number of rotatable bonds is 4. The number of carbonyl (C=O) groups is 1. The van der Waals surface area contributed by atoms with Crippen molar-refractivity contribution in [1.82, 2.24) is 26.1 Å². The lowest BCUT2D eigenvalue weighted by molar-refractivity contribution is -0.0184. The topological polar surface area (TPSA) is 78.5 Å². The molecule has 3 rings (SSSR count). The molecule has 2 amide bonds. The molecule has 0 aromatic carbocycles. The summed E-state index contributed by atoms with van der Waals surface area (Å²) in [5, 5.41) is 3.13. The van der Waals surface area contributed by atoms with E-state index in [0.29, 0.717) is 26.2 Å². The lowest BCUT2D eigenvalue weighted by atomic mass is 10.1. The molecule has 1 aromatic heterocycles. The lowest BCUT2D eigenvalue weighted by Gasteiger charge is -2.34. The van der Waals surface area contributed by atoms with E-state index < -0.39 is 0 Å². The fourth-order valence-electron chi connectivity index (χ4n) is 3.12. The summed E-state index contributed by atoms with van der Waals surface area (Å²) in [7, 11) is 0. The minimum Gasteiger partial charge on any atom is -0.375 e. The summed E-state index contributed by atoms with van der Waals surface area (Å²) in [5.74, 6) is 0. The zero-order chi connectivity index (χ0) is 16.1. The van der Waals surface area contributed by atoms with Crippen LogP contribution in [-0.4, -0.2) is 54.3 Å². The zero-order valence-corrected chi connectivity index (χ0v) is 13.5. The lowest BCUT2D eigenvalue weighted by Crippen LogP contribution is -2.53. The maximum Gasteiger partial charge on any atom is 0.317 e. The molecule has 23 heavy (non-hydrogen) atoms. The minimum atomic E-state index is -0.0233. The molecule has 3 N–H and O–H groups in total. The van der Waals surface area contributed by atoms with Gasteiger partial charge in [0.05, 0.1) is 30.5 Å². The molecule has 0 saturated carbocycles. The summed E-state index contributed by atoms with van der Waals surface area (Å²) < 4.78 is 5.70. The molecule has 126 valence electrons. The Bertz CT molecular complexity index is 510. The van der Waals surface area contributed by atoms with E-state index in [0.717, 1.165) is 18.5 Å². The van der Waals surface area contributed by atoms with Gasteiger partial charge in [0.2, 0.25) is 0 Å². The number of ether oxygens (including phenoxy) is 1. The van der Waals surface area contributed by atoms with E-state index in [-0.39, 0.29) is 24.2 Å². The van der Waals surface area contributed by atoms with Gasteiger partial charge >= 0.3 is 6.03 Å². The molecular formula is C16H25N5O2. The van der Waals surface area contributed by atoms with Gasteiger partial charge in [-0.3, -0.25) is 10.4 Å². The molecule has 2 aliphatic rings. The van der Waals surface area contributed by atoms with Gasteiger partial charge in [-0.1, -0.05) is 19.4 Å². The van der Waals surface area contributed by atoms with Gasteiger partial charge in [0.15, 0.2) is 0 Å². The first kappa shape index (κ1) is 16.2. The molecule has 1 aromatic rings. The molecule has 7 nitrogen and oxygen atoms in total. The van der Waals surface area contributed by atoms with Crippen LogP contribution < -0.4 is 16.2 Å². The van der Waals surface area contributed by atoms with Crippen molar-refractivity contribution in [3.8, 4) is 0 Å². The Kier molecular flexibility index (Phi) is 5.43. The van der Waals surface area contributed by atoms with Gasteiger partial charge in [0.1, 0.15) is 0 Å². The standard InChI is InChI=1S/C16H25N5O2/c1-2-5-12-11-21(8-9-23-12)16(22)19-14-10-18-20-15(14)13-6-3-4-7-17-13/h3-4,6-7,12,14-15,18,20H,2,5,8-11H2,1H3,(H,19,22). The summed E-state index contributed by atoms with van der Waals surface area (Å²) in [6.07, 6.45) is 3.99. The van der Waals surface area contributed by atoms with Crippen LogP contribution in [0.1, 0.15) is 31.5 Å². The van der Waals surface area contributed by atoms with Gasteiger partial charge in [-0.25, -0.2) is 10.2 Å². The third kappa shape index (κ3) is 3.99. The molecule has 0 spiro atoms. The maximum atomic E-state index is 12.6. The second-order valence-corrected chi connectivity index (χ2v) is 6.04. The van der Waals surface area contributed by atoms with Crippen LogP contribution >= 0.6 is 0 Å². The second kappa shape index (κ2) is 7.72. The monoisotopic (exact) mass is 319 g/mol. The summed E-state index contributed by atoms with van der Waals surface area (Å²) in [4.78, 5) is 18.8. The maximum absolute atomic E-state index is 12.6. The molecule has 0 radical (unpaired) electrons. The third-order valence-electron chi connectivity index (χ3n) is 4.33. The first-order valence-electron chi connectivity index (χ1n) is 8.34. The number of carbonyl (C=O) groups excluding carboxylic acids is 1. The van der Waals surface area contributed by atoms with E-state index in [1.54, 1.807) is 6.20 Å². The highest BCUT2D eigenvalue weighted by Gasteiger charge is 2.32. The highest BCUT2D eigenvalue weighted by molar-refractivity contribution is 5.74. The largest absolute Gasteiger partial charge is 0.375 e. The Morgan fingerprint density at radius 3 is 3.22 bits per heavy atom. The quantitative estimate of drug-likeness (QED) is 0.765. The van der Waals surface area contributed by atoms with Crippen LogP contribution in [0.15, 0.2) is 24.4 Å². The molecule has 0 bridgehead atoms. The smallest absolute Gasteiger partial charge is 0.317 e. The number of amides is 2. The van der Waals surface area contributed by atoms with E-state index in [4.69, 9.17) is 4.74 Å². The molecule has 3 atom stereocenters. The molecule has 0 aliphatic carbocycles. The Morgan fingerprint density at radius 2 is 2.43 bits per heavy atom. The van der Waals surface area contributed by atoms with Crippen LogP contribution in [0.3, 0.4) is 0 Å². The fraction of sp³-hybridized carbons (Fsp3) is 0.625. The number of urea groups is 1. The van der Waals surface area contributed by atoms with Crippen molar-refractivity contribution in [2.24, 2.45) is 0 Å². The molecule has 2 aliphatic heterocycles. The Labute approximate surface area is 136 Å². The predicted octanol–water partition coefficient (Wildman–Crippen LogP) is 0.810. The zero-order valence-electron chi connectivity index (χ0n) is 13.5. The molecule has 7 heteroatoms. The Morgan fingerprint density at radius 1 is 1.52 bits per heavy atom. The van der Waals surface area contributed by atoms with E-state index in [1.807, 2.05) is 23.1 Å². The average Bonchev–Trinajstić information content (AvgIpc) is 3.04. The number of morpholine rings is 1. The first-order chi connectivity index (χ1) is 11.3. The van der Waals surface area contributed by atoms with Crippen LogP contribution in [0.2, 0.25) is 0 Å². The Balaban J connectivity index is 1.58. The van der Waals surface area contributed by atoms with Crippen molar-refractivity contribution in [2.75, 3.05) is 26.2 Å². The van der Waals surface area contributed by atoms with Gasteiger partial charge in [0, 0.05) is 25.8 Å². The summed E-state index contributed by atoms with van der Waals surface area (Å²) >= 11 is 0. The van der Waals surface area contributed by atoms with Crippen LogP contribution in [0, 0.1) is 0 Å². The van der Waals surface area contributed by atoms with Crippen molar-refractivity contribution >= 4 is 6.03 Å². The molecular weight excluding hydrogens is 294 g/mol. The average molecular weight is 319 g/mol. The molecule has 2 saturated heterocycles. The highest BCUT2D eigenvalue weighted by atomic mass is 16.5.